The average molecular weight is 257 g/mol. The van der Waals surface area contributed by atoms with Gasteiger partial charge in [0.15, 0.2) is 0 Å². The molecule has 1 atom stereocenters. The second-order valence-corrected chi connectivity index (χ2v) is 4.33. The smallest absolute Gasteiger partial charge is 0.242 e. The lowest BCUT2D eigenvalue weighted by Gasteiger charge is -2.15. The Morgan fingerprint density at radius 3 is 2.53 bits per heavy atom. The molecule has 5 nitrogen and oxygen atoms in total. The number of para-hydroxylation sites is 1. The first-order chi connectivity index (χ1) is 9.04. The number of hydrogen-bond donors (Lipinski definition) is 1. The highest BCUT2D eigenvalue weighted by molar-refractivity contribution is 5.96. The molecular formula is C14H15N3O2. The summed E-state index contributed by atoms with van der Waals surface area (Å²) in [7, 11) is 1.45. The van der Waals surface area contributed by atoms with E-state index in [0.29, 0.717) is 17.0 Å². The van der Waals surface area contributed by atoms with Gasteiger partial charge in [-0.05, 0) is 18.1 Å². The summed E-state index contributed by atoms with van der Waals surface area (Å²) in [6.07, 6.45) is 0. The van der Waals surface area contributed by atoms with E-state index in [-0.39, 0.29) is 5.92 Å². The molecule has 0 aliphatic rings. The van der Waals surface area contributed by atoms with E-state index in [0.717, 1.165) is 0 Å². The highest BCUT2D eigenvalue weighted by atomic mass is 16.5. The molecule has 0 aliphatic carbocycles. The maximum atomic E-state index is 12.0. The summed E-state index contributed by atoms with van der Waals surface area (Å²) in [5, 5.41) is 20.6. The molecule has 1 aromatic rings. The van der Waals surface area contributed by atoms with Gasteiger partial charge in [-0.3, -0.25) is 4.79 Å². The van der Waals surface area contributed by atoms with Crippen LogP contribution in [0.1, 0.15) is 19.4 Å². The van der Waals surface area contributed by atoms with E-state index in [1.807, 2.05) is 12.1 Å². The highest BCUT2D eigenvalue weighted by Gasteiger charge is 2.23. The predicted molar refractivity (Wildman–Crippen MR) is 70.3 cm³/mol. The number of rotatable bonds is 4. The van der Waals surface area contributed by atoms with Crippen LogP contribution in [0.25, 0.3) is 0 Å². The summed E-state index contributed by atoms with van der Waals surface area (Å²) >= 11 is 0. The fraction of sp³-hybridized carbons (Fsp3) is 0.357. The largest absolute Gasteiger partial charge is 0.495 e. The third-order valence-corrected chi connectivity index (χ3v) is 2.70. The van der Waals surface area contributed by atoms with Crippen LogP contribution in [0, 0.1) is 34.5 Å². The van der Waals surface area contributed by atoms with Gasteiger partial charge in [-0.2, -0.15) is 10.5 Å². The van der Waals surface area contributed by atoms with Crippen molar-refractivity contribution in [3.05, 3.63) is 23.8 Å². The van der Waals surface area contributed by atoms with Gasteiger partial charge in [-0.25, -0.2) is 0 Å². The molecule has 0 aliphatic heterocycles. The Hall–Kier alpha value is -2.53. The summed E-state index contributed by atoms with van der Waals surface area (Å²) in [4.78, 5) is 12.0. The van der Waals surface area contributed by atoms with Crippen molar-refractivity contribution in [3.8, 4) is 17.9 Å². The van der Waals surface area contributed by atoms with Gasteiger partial charge in [0.2, 0.25) is 5.91 Å². The molecule has 1 unspecified atom stereocenters. The van der Waals surface area contributed by atoms with Crippen molar-refractivity contribution in [2.45, 2.75) is 13.8 Å². The van der Waals surface area contributed by atoms with Crippen LogP contribution < -0.4 is 10.1 Å². The van der Waals surface area contributed by atoms with Crippen molar-refractivity contribution in [2.75, 3.05) is 12.4 Å². The number of anilines is 1. The Kier molecular flexibility index (Phi) is 4.91. The zero-order chi connectivity index (χ0) is 14.4. The van der Waals surface area contributed by atoms with Gasteiger partial charge >= 0.3 is 0 Å². The number of nitriles is 2. The molecule has 5 heteroatoms. The molecule has 1 aromatic carbocycles. The van der Waals surface area contributed by atoms with Crippen LogP contribution in [0.2, 0.25) is 0 Å². The van der Waals surface area contributed by atoms with Crippen molar-refractivity contribution in [3.63, 3.8) is 0 Å². The summed E-state index contributed by atoms with van der Waals surface area (Å²) in [5.74, 6) is -0.909. The minimum absolute atomic E-state index is 0.106. The molecule has 0 saturated heterocycles. The summed E-state index contributed by atoms with van der Waals surface area (Å²) in [6.45, 7) is 3.59. The molecule has 19 heavy (non-hydrogen) atoms. The van der Waals surface area contributed by atoms with Crippen LogP contribution in [0.5, 0.6) is 5.75 Å². The van der Waals surface area contributed by atoms with E-state index in [4.69, 9.17) is 15.3 Å². The molecule has 98 valence electrons. The van der Waals surface area contributed by atoms with E-state index >= 15 is 0 Å². The lowest BCUT2D eigenvalue weighted by molar-refractivity contribution is -0.119. The van der Waals surface area contributed by atoms with E-state index in [1.165, 1.54) is 7.11 Å². The Balaban J connectivity index is 3.10. The zero-order valence-electron chi connectivity index (χ0n) is 11.1. The van der Waals surface area contributed by atoms with Crippen LogP contribution in [0.15, 0.2) is 18.2 Å². The standard InChI is InChI=1S/C14H15N3O2/c1-9(2)11(8-16)14(18)17-13-10(7-15)5-4-6-12(13)19-3/h4-6,9,11H,1-3H3,(H,17,18). The van der Waals surface area contributed by atoms with Gasteiger partial charge in [0.1, 0.15) is 23.4 Å². The molecule has 0 spiro atoms. The minimum Gasteiger partial charge on any atom is -0.495 e. The van der Waals surface area contributed by atoms with E-state index in [2.05, 4.69) is 5.32 Å². The molecule has 1 N–H and O–H groups in total. The number of amides is 1. The third-order valence-electron chi connectivity index (χ3n) is 2.70. The second kappa shape index (κ2) is 6.42. The lowest BCUT2D eigenvalue weighted by Crippen LogP contribution is -2.26. The molecule has 0 heterocycles. The van der Waals surface area contributed by atoms with Gasteiger partial charge < -0.3 is 10.1 Å². The van der Waals surface area contributed by atoms with Crippen molar-refractivity contribution in [1.82, 2.24) is 0 Å². The van der Waals surface area contributed by atoms with Crippen LogP contribution in [0.4, 0.5) is 5.69 Å². The molecular weight excluding hydrogens is 242 g/mol. The van der Waals surface area contributed by atoms with E-state index in [9.17, 15) is 4.79 Å². The molecule has 0 radical (unpaired) electrons. The summed E-state index contributed by atoms with van der Waals surface area (Å²) in [6, 6.07) is 8.83. The predicted octanol–water partition coefficient (Wildman–Crippen LogP) is 2.30. The van der Waals surface area contributed by atoms with Gasteiger partial charge in [0, 0.05) is 0 Å². The van der Waals surface area contributed by atoms with Crippen molar-refractivity contribution in [1.29, 1.82) is 10.5 Å². The van der Waals surface area contributed by atoms with Gasteiger partial charge in [-0.15, -0.1) is 0 Å². The number of carbonyl (C=O) groups excluding carboxylic acids is 1. The summed E-state index contributed by atoms with van der Waals surface area (Å²) < 4.78 is 5.11. The maximum Gasteiger partial charge on any atom is 0.242 e. The fourth-order valence-electron chi connectivity index (χ4n) is 1.63. The fourth-order valence-corrected chi connectivity index (χ4v) is 1.63. The number of nitrogens with one attached hydrogen (secondary N) is 1. The Bertz CT molecular complexity index is 553. The van der Waals surface area contributed by atoms with Crippen LogP contribution in [0.3, 0.4) is 0 Å². The van der Waals surface area contributed by atoms with Crippen LogP contribution in [-0.2, 0) is 4.79 Å². The molecule has 1 amide bonds. The lowest BCUT2D eigenvalue weighted by atomic mass is 9.96. The molecule has 0 saturated carbocycles. The van der Waals surface area contributed by atoms with Gasteiger partial charge in [0.25, 0.3) is 0 Å². The number of methoxy groups -OCH3 is 1. The van der Waals surface area contributed by atoms with Crippen molar-refractivity contribution >= 4 is 11.6 Å². The minimum atomic E-state index is -0.767. The first-order valence-corrected chi connectivity index (χ1v) is 5.82. The number of nitrogens with zero attached hydrogens (tertiary/aromatic N) is 2. The second-order valence-electron chi connectivity index (χ2n) is 4.33. The Morgan fingerprint density at radius 1 is 1.37 bits per heavy atom. The Morgan fingerprint density at radius 2 is 2.05 bits per heavy atom. The number of carbonyl (C=O) groups is 1. The van der Waals surface area contributed by atoms with E-state index < -0.39 is 11.8 Å². The number of hydrogen-bond acceptors (Lipinski definition) is 4. The zero-order valence-corrected chi connectivity index (χ0v) is 11.1. The summed E-state index contributed by atoms with van der Waals surface area (Å²) in [5.41, 5.74) is 0.603. The maximum absolute atomic E-state index is 12.0. The van der Waals surface area contributed by atoms with Gasteiger partial charge in [-0.1, -0.05) is 19.9 Å². The first-order valence-electron chi connectivity index (χ1n) is 5.82. The van der Waals surface area contributed by atoms with Crippen molar-refractivity contribution < 1.29 is 9.53 Å². The Labute approximate surface area is 112 Å². The van der Waals surface area contributed by atoms with Gasteiger partial charge in [0.05, 0.1) is 18.7 Å². The van der Waals surface area contributed by atoms with Crippen LogP contribution in [-0.4, -0.2) is 13.0 Å². The normalized spacial score (nSPS) is 11.3. The SMILES string of the molecule is COc1cccc(C#N)c1NC(=O)C(C#N)C(C)C. The third kappa shape index (κ3) is 3.23. The average Bonchev–Trinajstić information content (AvgIpc) is 2.39. The highest BCUT2D eigenvalue weighted by Crippen LogP contribution is 2.28. The quantitative estimate of drug-likeness (QED) is 0.896. The van der Waals surface area contributed by atoms with E-state index in [1.54, 1.807) is 32.0 Å². The van der Waals surface area contributed by atoms with Crippen molar-refractivity contribution in [2.24, 2.45) is 11.8 Å². The molecule has 0 bridgehead atoms. The number of benzene rings is 1. The molecule has 1 rings (SSSR count). The topological polar surface area (TPSA) is 85.9 Å². The monoisotopic (exact) mass is 257 g/mol. The molecule has 0 aromatic heterocycles. The molecule has 0 fully saturated rings. The first kappa shape index (κ1) is 14.5. The number of ether oxygens (including phenoxy) is 1. The van der Waals surface area contributed by atoms with Crippen LogP contribution >= 0.6 is 0 Å².